The molecule has 1 aliphatic heterocycles. The van der Waals surface area contributed by atoms with Crippen LogP contribution in [0.5, 0.6) is 5.75 Å². The van der Waals surface area contributed by atoms with Crippen molar-refractivity contribution >= 4 is 5.91 Å². The predicted octanol–water partition coefficient (Wildman–Crippen LogP) is 3.41. The third kappa shape index (κ3) is 5.40. The van der Waals surface area contributed by atoms with Gasteiger partial charge in [0.15, 0.2) is 0 Å². The van der Waals surface area contributed by atoms with Gasteiger partial charge in [0.05, 0.1) is 12.1 Å². The summed E-state index contributed by atoms with van der Waals surface area (Å²) in [5, 5.41) is 2.83. The van der Waals surface area contributed by atoms with Gasteiger partial charge in [0.1, 0.15) is 11.9 Å². The highest BCUT2D eigenvalue weighted by Crippen LogP contribution is 2.31. The maximum Gasteiger partial charge on any atom is 0.416 e. The van der Waals surface area contributed by atoms with Crippen molar-refractivity contribution in [1.29, 1.82) is 0 Å². The predicted molar refractivity (Wildman–Crippen MR) is 82.7 cm³/mol. The standard InChI is InChI=1S/C17H22F3NO3/c1-2-14(11-21-16(22)12-6-8-23-9-7-12)24-15-5-3-4-13(10-15)17(18,19)20/h3-5,10,12,14H,2,6-9,11H2,1H3,(H,21,22). The van der Waals surface area contributed by atoms with Gasteiger partial charge < -0.3 is 14.8 Å². The molecule has 1 saturated heterocycles. The summed E-state index contributed by atoms with van der Waals surface area (Å²) in [5.74, 6) is 0.0335. The maximum atomic E-state index is 12.7. The Morgan fingerprint density at radius 2 is 2.08 bits per heavy atom. The summed E-state index contributed by atoms with van der Waals surface area (Å²) in [6, 6.07) is 4.77. The lowest BCUT2D eigenvalue weighted by molar-refractivity contribution is -0.137. The Hall–Kier alpha value is -1.76. The van der Waals surface area contributed by atoms with Gasteiger partial charge in [0.25, 0.3) is 0 Å². The molecule has 0 bridgehead atoms. The molecular formula is C17H22F3NO3. The molecule has 0 aromatic heterocycles. The van der Waals surface area contributed by atoms with E-state index >= 15 is 0 Å². The summed E-state index contributed by atoms with van der Waals surface area (Å²) in [6.07, 6.45) is -2.83. The molecule has 0 saturated carbocycles. The topological polar surface area (TPSA) is 47.6 Å². The Morgan fingerprint density at radius 3 is 2.71 bits per heavy atom. The molecule has 1 aliphatic rings. The van der Waals surface area contributed by atoms with E-state index < -0.39 is 11.7 Å². The fourth-order valence-corrected chi connectivity index (χ4v) is 2.53. The number of alkyl halides is 3. The van der Waals surface area contributed by atoms with Crippen molar-refractivity contribution in [3.05, 3.63) is 29.8 Å². The van der Waals surface area contributed by atoms with E-state index in [1.54, 1.807) is 0 Å². The lowest BCUT2D eigenvalue weighted by Crippen LogP contribution is -2.40. The molecule has 24 heavy (non-hydrogen) atoms. The van der Waals surface area contributed by atoms with Gasteiger partial charge in [0.2, 0.25) is 5.91 Å². The van der Waals surface area contributed by atoms with Crippen LogP contribution < -0.4 is 10.1 Å². The van der Waals surface area contributed by atoms with Crippen LogP contribution in [0.15, 0.2) is 24.3 Å². The number of hydrogen-bond donors (Lipinski definition) is 1. The zero-order valence-electron chi connectivity index (χ0n) is 13.6. The molecule has 4 nitrogen and oxygen atoms in total. The Labute approximate surface area is 139 Å². The molecule has 0 spiro atoms. The largest absolute Gasteiger partial charge is 0.489 e. The van der Waals surface area contributed by atoms with Crippen molar-refractivity contribution in [2.45, 2.75) is 38.5 Å². The molecule has 1 amide bonds. The second-order valence-electron chi connectivity index (χ2n) is 5.81. The molecule has 0 radical (unpaired) electrons. The number of halogens is 3. The number of ether oxygens (including phenoxy) is 2. The Kier molecular flexibility index (Phi) is 6.48. The van der Waals surface area contributed by atoms with Crippen LogP contribution in [-0.2, 0) is 15.7 Å². The van der Waals surface area contributed by atoms with Crippen LogP contribution in [0.1, 0.15) is 31.7 Å². The van der Waals surface area contributed by atoms with Gasteiger partial charge in [-0.2, -0.15) is 13.2 Å². The molecule has 134 valence electrons. The summed E-state index contributed by atoms with van der Waals surface area (Å²) < 4.78 is 49.0. The fraction of sp³-hybridized carbons (Fsp3) is 0.588. The van der Waals surface area contributed by atoms with E-state index in [-0.39, 0.29) is 30.2 Å². The Balaban J connectivity index is 1.88. The first kappa shape index (κ1) is 18.6. The number of carbonyl (C=O) groups is 1. The molecule has 1 atom stereocenters. The number of amides is 1. The van der Waals surface area contributed by atoms with E-state index in [0.717, 1.165) is 12.1 Å². The van der Waals surface area contributed by atoms with Crippen molar-refractivity contribution in [3.63, 3.8) is 0 Å². The van der Waals surface area contributed by atoms with Crippen LogP contribution >= 0.6 is 0 Å². The summed E-state index contributed by atoms with van der Waals surface area (Å²) in [6.45, 7) is 3.29. The van der Waals surface area contributed by atoms with Crippen LogP contribution in [0, 0.1) is 5.92 Å². The van der Waals surface area contributed by atoms with E-state index in [4.69, 9.17) is 9.47 Å². The maximum absolute atomic E-state index is 12.7. The normalized spacial score (nSPS) is 17.3. The molecule has 1 fully saturated rings. The molecule has 2 rings (SSSR count). The summed E-state index contributed by atoms with van der Waals surface area (Å²) in [7, 11) is 0. The van der Waals surface area contributed by atoms with Gasteiger partial charge in [-0.15, -0.1) is 0 Å². The van der Waals surface area contributed by atoms with Crippen molar-refractivity contribution < 1.29 is 27.4 Å². The highest BCUT2D eigenvalue weighted by Gasteiger charge is 2.30. The van der Waals surface area contributed by atoms with E-state index in [0.29, 0.717) is 32.5 Å². The van der Waals surface area contributed by atoms with Crippen molar-refractivity contribution in [2.75, 3.05) is 19.8 Å². The fourth-order valence-electron chi connectivity index (χ4n) is 2.53. The number of hydrogen-bond acceptors (Lipinski definition) is 3. The highest BCUT2D eigenvalue weighted by atomic mass is 19.4. The molecule has 1 aromatic rings. The second kappa shape index (κ2) is 8.37. The van der Waals surface area contributed by atoms with Crippen molar-refractivity contribution in [2.24, 2.45) is 5.92 Å². The molecule has 1 aromatic carbocycles. The van der Waals surface area contributed by atoms with Gasteiger partial charge in [-0.3, -0.25) is 4.79 Å². The molecule has 0 aliphatic carbocycles. The summed E-state index contributed by atoms with van der Waals surface area (Å²) >= 11 is 0. The zero-order chi connectivity index (χ0) is 17.6. The van der Waals surface area contributed by atoms with E-state index in [1.807, 2.05) is 6.92 Å². The number of rotatable bonds is 6. The molecule has 7 heteroatoms. The van der Waals surface area contributed by atoms with Gasteiger partial charge >= 0.3 is 6.18 Å². The Bertz CT molecular complexity index is 542. The van der Waals surface area contributed by atoms with Crippen LogP contribution in [-0.4, -0.2) is 31.8 Å². The van der Waals surface area contributed by atoms with E-state index in [2.05, 4.69) is 5.32 Å². The number of nitrogens with one attached hydrogen (secondary N) is 1. The van der Waals surface area contributed by atoms with Gasteiger partial charge in [-0.1, -0.05) is 13.0 Å². The lowest BCUT2D eigenvalue weighted by atomic mass is 9.99. The minimum atomic E-state index is -4.40. The third-order valence-electron chi connectivity index (χ3n) is 4.02. The van der Waals surface area contributed by atoms with Crippen molar-refractivity contribution in [1.82, 2.24) is 5.32 Å². The Morgan fingerprint density at radius 1 is 1.38 bits per heavy atom. The average molecular weight is 345 g/mol. The smallest absolute Gasteiger partial charge is 0.416 e. The van der Waals surface area contributed by atoms with E-state index in [9.17, 15) is 18.0 Å². The highest BCUT2D eigenvalue weighted by molar-refractivity contribution is 5.78. The third-order valence-corrected chi connectivity index (χ3v) is 4.02. The quantitative estimate of drug-likeness (QED) is 0.860. The van der Waals surface area contributed by atoms with Crippen LogP contribution in [0.4, 0.5) is 13.2 Å². The zero-order valence-corrected chi connectivity index (χ0v) is 13.6. The first-order chi connectivity index (χ1) is 11.4. The first-order valence-corrected chi connectivity index (χ1v) is 8.09. The minimum Gasteiger partial charge on any atom is -0.489 e. The average Bonchev–Trinajstić information content (AvgIpc) is 2.58. The monoisotopic (exact) mass is 345 g/mol. The SMILES string of the molecule is CCC(CNC(=O)C1CCOCC1)Oc1cccc(C(F)(F)F)c1. The molecule has 1 heterocycles. The lowest BCUT2D eigenvalue weighted by Gasteiger charge is -2.23. The number of benzene rings is 1. The summed E-state index contributed by atoms with van der Waals surface area (Å²) in [5.41, 5.74) is -0.749. The van der Waals surface area contributed by atoms with Crippen LogP contribution in [0.2, 0.25) is 0 Å². The number of carbonyl (C=O) groups excluding carboxylic acids is 1. The molecular weight excluding hydrogens is 323 g/mol. The van der Waals surface area contributed by atoms with Crippen LogP contribution in [0.3, 0.4) is 0 Å². The first-order valence-electron chi connectivity index (χ1n) is 8.09. The minimum absolute atomic E-state index is 0.0515. The van der Waals surface area contributed by atoms with Gasteiger partial charge in [-0.05, 0) is 37.5 Å². The second-order valence-corrected chi connectivity index (χ2v) is 5.81. The van der Waals surface area contributed by atoms with Gasteiger partial charge in [-0.25, -0.2) is 0 Å². The van der Waals surface area contributed by atoms with Gasteiger partial charge in [0, 0.05) is 19.1 Å². The van der Waals surface area contributed by atoms with Crippen molar-refractivity contribution in [3.8, 4) is 5.75 Å². The van der Waals surface area contributed by atoms with E-state index in [1.165, 1.54) is 12.1 Å². The molecule has 1 unspecified atom stereocenters. The molecule has 1 N–H and O–H groups in total. The summed E-state index contributed by atoms with van der Waals surface area (Å²) in [4.78, 5) is 12.1. The van der Waals surface area contributed by atoms with Crippen LogP contribution in [0.25, 0.3) is 0 Å².